The topological polar surface area (TPSA) is 80.0 Å². The first-order valence-corrected chi connectivity index (χ1v) is 10.4. The molecule has 1 atom stereocenters. The van der Waals surface area contributed by atoms with E-state index in [0.29, 0.717) is 40.3 Å². The zero-order chi connectivity index (χ0) is 22.3. The first-order chi connectivity index (χ1) is 14.9. The van der Waals surface area contributed by atoms with Crippen LogP contribution in [0.1, 0.15) is 35.5 Å². The summed E-state index contributed by atoms with van der Waals surface area (Å²) in [5, 5.41) is 12.0. The number of ether oxygens (including phenoxy) is 1. The lowest BCUT2D eigenvalue weighted by molar-refractivity contribution is -0.129. The molecule has 1 aromatic heterocycles. The van der Waals surface area contributed by atoms with Crippen LogP contribution in [0.25, 0.3) is 11.0 Å². The molecule has 1 aliphatic rings. The number of rotatable bonds is 6. The average molecular weight is 460 g/mol. The standard InChI is InChI=1S/C23H19Cl2NO5/c1-3-9-26-19(12-7-8-14(24)15(25)10-12)18(21(28)23(26)29)20(27)17-11-13-5-4-6-16(30-2)22(13)31-17/h4-8,10-11,19,28H,3,9H2,1-2H3. The van der Waals surface area contributed by atoms with Crippen LogP contribution in [0.5, 0.6) is 5.75 Å². The van der Waals surface area contributed by atoms with Crippen molar-refractivity contribution >= 4 is 45.9 Å². The highest BCUT2D eigenvalue weighted by molar-refractivity contribution is 6.42. The molecular formula is C23H19Cl2NO5. The Balaban J connectivity index is 1.84. The number of aliphatic hydroxyl groups excluding tert-OH is 1. The number of amides is 1. The summed E-state index contributed by atoms with van der Waals surface area (Å²) >= 11 is 12.2. The van der Waals surface area contributed by atoms with Gasteiger partial charge >= 0.3 is 0 Å². The monoisotopic (exact) mass is 459 g/mol. The minimum Gasteiger partial charge on any atom is -0.503 e. The number of nitrogens with zero attached hydrogens (tertiary/aromatic N) is 1. The van der Waals surface area contributed by atoms with E-state index in [9.17, 15) is 14.7 Å². The van der Waals surface area contributed by atoms with Crippen LogP contribution in [0.2, 0.25) is 10.0 Å². The van der Waals surface area contributed by atoms with Gasteiger partial charge in [-0.25, -0.2) is 0 Å². The molecule has 8 heteroatoms. The maximum Gasteiger partial charge on any atom is 0.290 e. The fourth-order valence-corrected chi connectivity index (χ4v) is 4.13. The summed E-state index contributed by atoms with van der Waals surface area (Å²) < 4.78 is 11.1. The summed E-state index contributed by atoms with van der Waals surface area (Å²) in [7, 11) is 1.51. The van der Waals surface area contributed by atoms with Gasteiger partial charge in [0.15, 0.2) is 22.9 Å². The minimum atomic E-state index is -0.815. The van der Waals surface area contributed by atoms with E-state index >= 15 is 0 Å². The highest BCUT2D eigenvalue weighted by atomic mass is 35.5. The third-order valence-corrected chi connectivity index (χ3v) is 5.96. The molecule has 0 saturated carbocycles. The number of furan rings is 1. The van der Waals surface area contributed by atoms with Crippen LogP contribution >= 0.6 is 23.2 Å². The fourth-order valence-electron chi connectivity index (χ4n) is 3.83. The molecule has 1 aliphatic heterocycles. The Morgan fingerprint density at radius 3 is 2.65 bits per heavy atom. The van der Waals surface area contributed by atoms with Crippen LogP contribution < -0.4 is 4.74 Å². The fraction of sp³-hybridized carbons (Fsp3) is 0.217. The molecule has 6 nitrogen and oxygen atoms in total. The lowest BCUT2D eigenvalue weighted by Gasteiger charge is -2.26. The lowest BCUT2D eigenvalue weighted by Crippen LogP contribution is -2.31. The Hall–Kier alpha value is -2.96. The van der Waals surface area contributed by atoms with Crippen molar-refractivity contribution in [2.24, 2.45) is 0 Å². The number of hydrogen-bond donors (Lipinski definition) is 1. The summed E-state index contributed by atoms with van der Waals surface area (Å²) in [6, 6.07) is 10.9. The second-order valence-corrected chi connectivity index (χ2v) is 7.97. The molecule has 0 radical (unpaired) electrons. The van der Waals surface area contributed by atoms with Crippen molar-refractivity contribution in [1.82, 2.24) is 4.90 Å². The number of fused-ring (bicyclic) bond motifs is 1. The molecule has 0 spiro atoms. The maximum absolute atomic E-state index is 13.5. The summed E-state index contributed by atoms with van der Waals surface area (Å²) in [4.78, 5) is 27.7. The number of Topliss-reactive ketones (excluding diaryl/α,β-unsaturated/α-hetero) is 1. The van der Waals surface area contributed by atoms with Crippen molar-refractivity contribution < 1.29 is 23.8 Å². The largest absolute Gasteiger partial charge is 0.503 e. The van der Waals surface area contributed by atoms with Crippen molar-refractivity contribution in [1.29, 1.82) is 0 Å². The number of para-hydroxylation sites is 1. The molecule has 2 heterocycles. The number of methoxy groups -OCH3 is 1. The predicted octanol–water partition coefficient (Wildman–Crippen LogP) is 5.74. The van der Waals surface area contributed by atoms with Crippen molar-refractivity contribution in [3.63, 3.8) is 0 Å². The molecule has 31 heavy (non-hydrogen) atoms. The van der Waals surface area contributed by atoms with E-state index in [0.717, 1.165) is 0 Å². The van der Waals surface area contributed by atoms with Gasteiger partial charge < -0.3 is 19.2 Å². The van der Waals surface area contributed by atoms with Crippen LogP contribution in [0, 0.1) is 0 Å². The second-order valence-electron chi connectivity index (χ2n) is 7.16. The normalized spacial score (nSPS) is 16.5. The van der Waals surface area contributed by atoms with Crippen LogP contribution in [-0.4, -0.2) is 35.4 Å². The van der Waals surface area contributed by atoms with E-state index in [2.05, 4.69) is 0 Å². The predicted molar refractivity (Wildman–Crippen MR) is 118 cm³/mol. The van der Waals surface area contributed by atoms with E-state index < -0.39 is 23.5 Å². The Morgan fingerprint density at radius 1 is 1.19 bits per heavy atom. The van der Waals surface area contributed by atoms with Crippen molar-refractivity contribution in [2.45, 2.75) is 19.4 Å². The van der Waals surface area contributed by atoms with Gasteiger partial charge in [-0.3, -0.25) is 9.59 Å². The van der Waals surface area contributed by atoms with Crippen LogP contribution in [0.4, 0.5) is 0 Å². The van der Waals surface area contributed by atoms with Gasteiger partial charge in [0.1, 0.15) is 0 Å². The van der Waals surface area contributed by atoms with Gasteiger partial charge in [0, 0.05) is 11.9 Å². The molecule has 2 aromatic carbocycles. The first kappa shape index (κ1) is 21.3. The number of ketones is 1. The molecule has 0 bridgehead atoms. The molecular weight excluding hydrogens is 441 g/mol. The molecule has 1 unspecified atom stereocenters. The third kappa shape index (κ3) is 3.56. The quantitative estimate of drug-likeness (QED) is 0.475. The van der Waals surface area contributed by atoms with Crippen LogP contribution in [0.3, 0.4) is 0 Å². The van der Waals surface area contributed by atoms with Gasteiger partial charge in [-0.15, -0.1) is 0 Å². The summed E-state index contributed by atoms with van der Waals surface area (Å²) in [5.41, 5.74) is 0.918. The SMILES string of the molecule is CCCN1C(=O)C(O)=C(C(=O)c2cc3cccc(OC)c3o2)C1c1ccc(Cl)c(Cl)c1. The number of carbonyl (C=O) groups excluding carboxylic acids is 2. The van der Waals surface area contributed by atoms with Gasteiger partial charge in [0.2, 0.25) is 5.78 Å². The van der Waals surface area contributed by atoms with E-state index in [1.54, 1.807) is 42.5 Å². The third-order valence-electron chi connectivity index (χ3n) is 5.22. The Kier molecular flexibility index (Phi) is 5.69. The number of halogens is 2. The first-order valence-electron chi connectivity index (χ1n) is 9.67. The van der Waals surface area contributed by atoms with Gasteiger partial charge in [0.25, 0.3) is 5.91 Å². The lowest BCUT2D eigenvalue weighted by atomic mass is 9.95. The Morgan fingerprint density at radius 2 is 1.97 bits per heavy atom. The molecule has 3 aromatic rings. The highest BCUT2D eigenvalue weighted by Gasteiger charge is 2.44. The van der Waals surface area contributed by atoms with Crippen molar-refractivity contribution in [3.8, 4) is 5.75 Å². The number of benzene rings is 2. The van der Waals surface area contributed by atoms with Crippen LogP contribution in [-0.2, 0) is 4.79 Å². The minimum absolute atomic E-state index is 0.00254. The Labute approximate surface area is 188 Å². The van der Waals surface area contributed by atoms with E-state index in [-0.39, 0.29) is 16.4 Å². The molecule has 160 valence electrons. The summed E-state index contributed by atoms with van der Waals surface area (Å²) in [6.07, 6.45) is 0.639. The van der Waals surface area contributed by atoms with Gasteiger partial charge in [0.05, 0.1) is 28.8 Å². The van der Waals surface area contributed by atoms with Gasteiger partial charge in [-0.1, -0.05) is 48.3 Å². The van der Waals surface area contributed by atoms with Crippen molar-refractivity contribution in [3.05, 3.63) is 75.2 Å². The van der Waals surface area contributed by atoms with E-state index in [1.165, 1.54) is 12.0 Å². The molecule has 0 fully saturated rings. The van der Waals surface area contributed by atoms with Crippen molar-refractivity contribution in [2.75, 3.05) is 13.7 Å². The van der Waals surface area contributed by atoms with Crippen LogP contribution in [0.15, 0.2) is 58.2 Å². The number of hydrogen-bond acceptors (Lipinski definition) is 5. The molecule has 4 rings (SSSR count). The number of carbonyl (C=O) groups is 2. The van der Waals surface area contributed by atoms with E-state index in [1.807, 2.05) is 6.92 Å². The zero-order valence-electron chi connectivity index (χ0n) is 16.8. The van der Waals surface area contributed by atoms with E-state index in [4.69, 9.17) is 32.4 Å². The van der Waals surface area contributed by atoms with Gasteiger partial charge in [-0.05, 0) is 36.2 Å². The second kappa shape index (κ2) is 8.29. The molecule has 0 aliphatic carbocycles. The van der Waals surface area contributed by atoms with Gasteiger partial charge in [-0.2, -0.15) is 0 Å². The smallest absolute Gasteiger partial charge is 0.290 e. The highest BCUT2D eigenvalue weighted by Crippen LogP contribution is 2.41. The number of aliphatic hydroxyl groups is 1. The Bertz CT molecular complexity index is 1230. The molecule has 0 saturated heterocycles. The molecule has 1 amide bonds. The average Bonchev–Trinajstić information content (AvgIpc) is 3.30. The summed E-state index contributed by atoms with van der Waals surface area (Å²) in [5.74, 6) is -1.32. The zero-order valence-corrected chi connectivity index (χ0v) is 18.3. The maximum atomic E-state index is 13.5. The molecule has 1 N–H and O–H groups in total. The summed E-state index contributed by atoms with van der Waals surface area (Å²) in [6.45, 7) is 2.25.